The van der Waals surface area contributed by atoms with Crippen molar-refractivity contribution in [2.45, 2.75) is 39.2 Å². The average Bonchev–Trinajstić information content (AvgIpc) is 2.85. The monoisotopic (exact) mass is 298 g/mol. The zero-order valence-electron chi connectivity index (χ0n) is 12.6. The highest BCUT2D eigenvalue weighted by Gasteiger charge is 2.25. The van der Waals surface area contributed by atoms with E-state index in [0.717, 1.165) is 12.8 Å². The fraction of sp³-hybridized carbons (Fsp3) is 0.692. The molecule has 1 aromatic rings. The maximum atomic E-state index is 11.8. The van der Waals surface area contributed by atoms with Crippen molar-refractivity contribution in [3.05, 3.63) is 11.4 Å². The molecule has 0 aliphatic heterocycles. The van der Waals surface area contributed by atoms with Gasteiger partial charge in [-0.1, -0.05) is 19.1 Å². The largest absolute Gasteiger partial charge is 0.476 e. The van der Waals surface area contributed by atoms with Crippen LogP contribution < -0.4 is 5.32 Å². The van der Waals surface area contributed by atoms with Gasteiger partial charge in [-0.25, -0.2) is 9.48 Å². The predicted octanol–water partition coefficient (Wildman–Crippen LogP) is 0.643. The summed E-state index contributed by atoms with van der Waals surface area (Å²) in [5.41, 5.74) is 0.433. The van der Waals surface area contributed by atoms with Crippen molar-refractivity contribution in [1.29, 1.82) is 0 Å². The van der Waals surface area contributed by atoms with Crippen molar-refractivity contribution in [2.75, 3.05) is 20.3 Å². The van der Waals surface area contributed by atoms with Crippen molar-refractivity contribution >= 4 is 11.9 Å². The fourth-order valence-electron chi connectivity index (χ4n) is 2.15. The molecule has 21 heavy (non-hydrogen) atoms. The lowest BCUT2D eigenvalue weighted by Gasteiger charge is -2.15. The summed E-state index contributed by atoms with van der Waals surface area (Å²) in [4.78, 5) is 23.1. The summed E-state index contributed by atoms with van der Waals surface area (Å²) in [5, 5.41) is 19.4. The van der Waals surface area contributed by atoms with E-state index in [2.05, 4.69) is 15.6 Å². The SMILES string of the molecule is CCC(CC)c1c(C(=O)O)nnn1CC(=O)NCCOC. The number of rotatable bonds is 9. The number of nitrogens with zero attached hydrogens (tertiary/aromatic N) is 3. The van der Waals surface area contributed by atoms with Crippen molar-refractivity contribution in [3.63, 3.8) is 0 Å². The van der Waals surface area contributed by atoms with Crippen LogP contribution in [0.25, 0.3) is 0 Å². The number of amides is 1. The van der Waals surface area contributed by atoms with Crippen LogP contribution in [0.3, 0.4) is 0 Å². The Morgan fingerprint density at radius 1 is 1.38 bits per heavy atom. The van der Waals surface area contributed by atoms with E-state index in [1.54, 1.807) is 7.11 Å². The van der Waals surface area contributed by atoms with Gasteiger partial charge in [0.1, 0.15) is 6.54 Å². The minimum absolute atomic E-state index is 0.0119. The van der Waals surface area contributed by atoms with E-state index < -0.39 is 5.97 Å². The number of hydrogen-bond acceptors (Lipinski definition) is 5. The Balaban J connectivity index is 2.91. The molecule has 1 heterocycles. The molecule has 2 N–H and O–H groups in total. The first-order chi connectivity index (χ1) is 10.0. The number of hydrogen-bond donors (Lipinski definition) is 2. The van der Waals surface area contributed by atoms with Crippen LogP contribution in [-0.4, -0.2) is 52.2 Å². The third-order valence-electron chi connectivity index (χ3n) is 3.27. The maximum absolute atomic E-state index is 11.8. The first-order valence-electron chi connectivity index (χ1n) is 6.97. The molecule has 0 atom stereocenters. The molecule has 0 aliphatic carbocycles. The van der Waals surface area contributed by atoms with Gasteiger partial charge in [-0.2, -0.15) is 0 Å². The molecule has 1 amide bonds. The third kappa shape index (κ3) is 4.52. The van der Waals surface area contributed by atoms with Crippen LogP contribution >= 0.6 is 0 Å². The molecule has 0 fully saturated rings. The van der Waals surface area contributed by atoms with Gasteiger partial charge in [0.25, 0.3) is 0 Å². The smallest absolute Gasteiger partial charge is 0.358 e. The van der Waals surface area contributed by atoms with E-state index >= 15 is 0 Å². The van der Waals surface area contributed by atoms with Crippen LogP contribution in [0.2, 0.25) is 0 Å². The molecular weight excluding hydrogens is 276 g/mol. The van der Waals surface area contributed by atoms with Gasteiger partial charge < -0.3 is 15.2 Å². The number of aromatic nitrogens is 3. The summed E-state index contributed by atoms with van der Waals surface area (Å²) >= 11 is 0. The van der Waals surface area contributed by atoms with Crippen molar-refractivity contribution in [1.82, 2.24) is 20.3 Å². The Kier molecular flexibility index (Phi) is 6.80. The number of carbonyl (C=O) groups is 2. The van der Waals surface area contributed by atoms with Crippen molar-refractivity contribution in [2.24, 2.45) is 0 Å². The average molecular weight is 298 g/mol. The zero-order chi connectivity index (χ0) is 15.8. The third-order valence-corrected chi connectivity index (χ3v) is 3.27. The number of carboxylic acid groups (broad SMARTS) is 1. The molecular formula is C13H22N4O4. The number of ether oxygens (including phenoxy) is 1. The number of nitrogens with one attached hydrogen (secondary N) is 1. The van der Waals surface area contributed by atoms with E-state index in [1.807, 2.05) is 13.8 Å². The van der Waals surface area contributed by atoms with Gasteiger partial charge in [0.2, 0.25) is 5.91 Å². The summed E-state index contributed by atoms with van der Waals surface area (Å²) in [7, 11) is 1.55. The van der Waals surface area contributed by atoms with Gasteiger partial charge in [0.05, 0.1) is 12.3 Å². The molecule has 0 radical (unpaired) electrons. The highest BCUT2D eigenvalue weighted by molar-refractivity contribution is 5.87. The molecule has 0 spiro atoms. The molecule has 1 aromatic heterocycles. The van der Waals surface area contributed by atoms with Crippen LogP contribution in [0, 0.1) is 0 Å². The summed E-state index contributed by atoms with van der Waals surface area (Å²) < 4.78 is 6.23. The van der Waals surface area contributed by atoms with Gasteiger partial charge >= 0.3 is 5.97 Å². The van der Waals surface area contributed by atoms with Gasteiger partial charge in [-0.05, 0) is 12.8 Å². The van der Waals surface area contributed by atoms with E-state index in [9.17, 15) is 14.7 Å². The Bertz CT molecular complexity index is 483. The van der Waals surface area contributed by atoms with Crippen LogP contribution in [0.15, 0.2) is 0 Å². The number of carboxylic acids is 1. The lowest BCUT2D eigenvalue weighted by molar-refractivity contribution is -0.122. The van der Waals surface area contributed by atoms with E-state index in [4.69, 9.17) is 4.74 Å². The summed E-state index contributed by atoms with van der Waals surface area (Å²) in [6.45, 7) is 4.71. The zero-order valence-corrected chi connectivity index (χ0v) is 12.6. The molecule has 0 bridgehead atoms. The molecule has 0 aromatic carbocycles. The Hall–Kier alpha value is -1.96. The second kappa shape index (κ2) is 8.35. The fourth-order valence-corrected chi connectivity index (χ4v) is 2.15. The maximum Gasteiger partial charge on any atom is 0.358 e. The van der Waals surface area contributed by atoms with Gasteiger partial charge in [0, 0.05) is 19.6 Å². The Morgan fingerprint density at radius 2 is 2.05 bits per heavy atom. The molecule has 8 nitrogen and oxygen atoms in total. The number of aromatic carboxylic acids is 1. The molecule has 0 saturated carbocycles. The Morgan fingerprint density at radius 3 is 2.57 bits per heavy atom. The highest BCUT2D eigenvalue weighted by atomic mass is 16.5. The topological polar surface area (TPSA) is 106 Å². The van der Waals surface area contributed by atoms with Crippen LogP contribution in [0.1, 0.15) is 48.8 Å². The van der Waals surface area contributed by atoms with Crippen LogP contribution in [0.4, 0.5) is 0 Å². The summed E-state index contributed by atoms with van der Waals surface area (Å²) in [5.74, 6) is -1.36. The van der Waals surface area contributed by atoms with Crippen LogP contribution in [0.5, 0.6) is 0 Å². The minimum Gasteiger partial charge on any atom is -0.476 e. The van der Waals surface area contributed by atoms with E-state index in [0.29, 0.717) is 18.8 Å². The molecule has 1 rings (SSSR count). The minimum atomic E-state index is -1.12. The molecule has 0 aliphatic rings. The summed E-state index contributed by atoms with van der Waals surface area (Å²) in [6.07, 6.45) is 1.52. The standard InChI is InChI=1S/C13H22N4O4/c1-4-9(5-2)12-11(13(19)20)15-16-17(12)8-10(18)14-6-7-21-3/h9H,4-8H2,1-3H3,(H,14,18)(H,19,20). The van der Waals surface area contributed by atoms with Crippen molar-refractivity contribution in [3.8, 4) is 0 Å². The number of methoxy groups -OCH3 is 1. The first kappa shape index (κ1) is 17.1. The first-order valence-corrected chi connectivity index (χ1v) is 6.97. The molecule has 8 heteroatoms. The molecule has 0 saturated heterocycles. The highest BCUT2D eigenvalue weighted by Crippen LogP contribution is 2.25. The number of carbonyl (C=O) groups excluding carboxylic acids is 1. The lowest BCUT2D eigenvalue weighted by atomic mass is 9.97. The quantitative estimate of drug-likeness (QED) is 0.648. The second-order valence-electron chi connectivity index (χ2n) is 4.64. The van der Waals surface area contributed by atoms with E-state index in [-0.39, 0.29) is 24.1 Å². The summed E-state index contributed by atoms with van der Waals surface area (Å²) in [6, 6.07) is 0. The van der Waals surface area contributed by atoms with Gasteiger partial charge in [0.15, 0.2) is 5.69 Å². The normalized spacial score (nSPS) is 10.9. The van der Waals surface area contributed by atoms with Crippen molar-refractivity contribution < 1.29 is 19.4 Å². The predicted molar refractivity (Wildman–Crippen MR) is 75.2 cm³/mol. The Labute approximate surface area is 123 Å². The molecule has 118 valence electrons. The van der Waals surface area contributed by atoms with Gasteiger partial charge in [-0.3, -0.25) is 4.79 Å². The van der Waals surface area contributed by atoms with Gasteiger partial charge in [-0.15, -0.1) is 5.10 Å². The molecule has 0 unspecified atom stereocenters. The van der Waals surface area contributed by atoms with E-state index in [1.165, 1.54) is 4.68 Å². The second-order valence-corrected chi connectivity index (χ2v) is 4.64. The van der Waals surface area contributed by atoms with Crippen LogP contribution in [-0.2, 0) is 16.1 Å². The lowest BCUT2D eigenvalue weighted by Crippen LogP contribution is -2.31.